The Balaban J connectivity index is 6.24. The molecule has 0 radical (unpaired) electrons. The molecule has 0 aromatic rings. The van der Waals surface area contributed by atoms with E-state index in [0.29, 0.717) is 52.4 Å². The van der Waals surface area contributed by atoms with Crippen molar-refractivity contribution in [3.63, 3.8) is 0 Å². The van der Waals surface area contributed by atoms with Crippen molar-refractivity contribution in [2.45, 2.75) is 55.4 Å². The number of rotatable bonds is 14. The average Bonchev–Trinajstić information content (AvgIpc) is 2.58. The molecular weight excluding hydrogens is 354 g/mol. The van der Waals surface area contributed by atoms with Gasteiger partial charge in [0.05, 0.1) is 0 Å². The zero-order valence-electron chi connectivity index (χ0n) is 17.9. The summed E-state index contributed by atoms with van der Waals surface area (Å²) < 4.78 is 36.7. The van der Waals surface area contributed by atoms with Crippen LogP contribution in [0.3, 0.4) is 0 Å². The van der Waals surface area contributed by atoms with Gasteiger partial charge in [0.25, 0.3) is 0 Å². The zero-order valence-corrected chi connectivity index (χ0v) is 19.7. The van der Waals surface area contributed by atoms with Crippen LogP contribution in [0.5, 0.6) is 0 Å². The molecule has 0 saturated heterocycles. The third kappa shape index (κ3) is 5.64. The van der Waals surface area contributed by atoms with Gasteiger partial charge in [-0.1, -0.05) is 55.4 Å². The Kier molecular flexibility index (Phi) is 12.0. The SMILES string of the molecule is CCN(CC)P(=O)(CP(=O)(N(CC)CC)N(CC)CC)N(CC)CC. The van der Waals surface area contributed by atoms with Crippen molar-refractivity contribution in [2.24, 2.45) is 0 Å². The quantitative estimate of drug-likeness (QED) is 0.397. The van der Waals surface area contributed by atoms with Gasteiger partial charge in [0, 0.05) is 52.4 Å². The van der Waals surface area contributed by atoms with Gasteiger partial charge in [0.1, 0.15) is 5.90 Å². The third-order valence-electron chi connectivity index (χ3n) is 5.06. The van der Waals surface area contributed by atoms with Crippen molar-refractivity contribution < 1.29 is 9.13 Å². The molecule has 8 heteroatoms. The second-order valence-corrected chi connectivity index (χ2v) is 12.1. The lowest BCUT2D eigenvalue weighted by atomic mass is 10.7. The topological polar surface area (TPSA) is 47.1 Å². The minimum atomic E-state index is -2.90. The highest BCUT2D eigenvalue weighted by Crippen LogP contribution is 2.67. The molecular formula is C17H42N4O2P2. The number of nitrogens with zero attached hydrogens (tertiary/aromatic N) is 4. The van der Waals surface area contributed by atoms with E-state index in [0.717, 1.165) is 0 Å². The molecule has 0 aromatic carbocycles. The van der Waals surface area contributed by atoms with Crippen molar-refractivity contribution in [3.05, 3.63) is 0 Å². The van der Waals surface area contributed by atoms with Crippen molar-refractivity contribution in [1.82, 2.24) is 18.7 Å². The Morgan fingerprint density at radius 1 is 0.440 bits per heavy atom. The predicted octanol–water partition coefficient (Wildman–Crippen LogP) is 4.70. The first-order valence-corrected chi connectivity index (χ1v) is 13.6. The van der Waals surface area contributed by atoms with Gasteiger partial charge in [-0.15, -0.1) is 0 Å². The van der Waals surface area contributed by atoms with Crippen LogP contribution < -0.4 is 0 Å². The zero-order chi connectivity index (χ0) is 19.7. The lowest BCUT2D eigenvalue weighted by Gasteiger charge is -2.44. The Morgan fingerprint density at radius 2 is 0.600 bits per heavy atom. The molecule has 0 heterocycles. The van der Waals surface area contributed by atoms with Gasteiger partial charge in [-0.2, -0.15) is 0 Å². The molecule has 0 aromatic heterocycles. The molecule has 25 heavy (non-hydrogen) atoms. The van der Waals surface area contributed by atoms with E-state index in [2.05, 4.69) is 0 Å². The summed E-state index contributed by atoms with van der Waals surface area (Å²) in [6.07, 6.45) is 0. The standard InChI is InChI=1S/C17H42N4O2P2/c1-9-18(10-2)24(22,19(11-3)12-4)17-25(23,20(13-5)14-6)21(15-7)16-8/h9-17H2,1-8H3. The molecule has 0 rings (SSSR count). The highest BCUT2D eigenvalue weighted by atomic mass is 31.2. The predicted molar refractivity (Wildman–Crippen MR) is 112 cm³/mol. The summed E-state index contributed by atoms with van der Waals surface area (Å²) in [4.78, 5) is 0. The monoisotopic (exact) mass is 396 g/mol. The van der Waals surface area contributed by atoms with E-state index in [4.69, 9.17) is 0 Å². The van der Waals surface area contributed by atoms with Gasteiger partial charge in [0.15, 0.2) is 0 Å². The van der Waals surface area contributed by atoms with Gasteiger partial charge in [-0.05, 0) is 0 Å². The largest absolute Gasteiger partial charge is 0.288 e. The summed E-state index contributed by atoms with van der Waals surface area (Å²) in [5.74, 6) is 0.243. The fraction of sp³-hybridized carbons (Fsp3) is 1.00. The maximum absolute atomic E-state index is 14.3. The van der Waals surface area contributed by atoms with Crippen LogP contribution in [0.15, 0.2) is 0 Å². The van der Waals surface area contributed by atoms with E-state index in [-0.39, 0.29) is 5.90 Å². The summed E-state index contributed by atoms with van der Waals surface area (Å²) in [6.45, 7) is 22.0. The molecule has 0 spiro atoms. The van der Waals surface area contributed by atoms with Gasteiger partial charge in [-0.3, -0.25) is 9.13 Å². The van der Waals surface area contributed by atoms with Gasteiger partial charge in [-0.25, -0.2) is 18.7 Å². The molecule has 0 saturated carbocycles. The molecule has 6 nitrogen and oxygen atoms in total. The Bertz CT molecular complexity index is 374. The molecule has 0 aliphatic heterocycles. The molecule has 0 unspecified atom stereocenters. The van der Waals surface area contributed by atoms with Gasteiger partial charge >= 0.3 is 0 Å². The molecule has 0 bridgehead atoms. The summed E-state index contributed by atoms with van der Waals surface area (Å²) >= 11 is 0. The minimum absolute atomic E-state index is 0.243. The Hall–Kier alpha value is 0.300. The van der Waals surface area contributed by atoms with Crippen LogP contribution in [0.4, 0.5) is 0 Å². The lowest BCUT2D eigenvalue weighted by molar-refractivity contribution is 0.346. The van der Waals surface area contributed by atoms with Crippen LogP contribution in [0.25, 0.3) is 0 Å². The van der Waals surface area contributed by atoms with E-state index >= 15 is 0 Å². The van der Waals surface area contributed by atoms with Crippen LogP contribution in [0.1, 0.15) is 55.4 Å². The molecule has 0 N–H and O–H groups in total. The van der Waals surface area contributed by atoms with Gasteiger partial charge < -0.3 is 0 Å². The summed E-state index contributed by atoms with van der Waals surface area (Å²) in [5.41, 5.74) is 0. The Morgan fingerprint density at radius 3 is 0.720 bits per heavy atom. The summed E-state index contributed by atoms with van der Waals surface area (Å²) in [7, 11) is -5.80. The highest BCUT2D eigenvalue weighted by Gasteiger charge is 2.45. The average molecular weight is 396 g/mol. The van der Waals surface area contributed by atoms with Crippen molar-refractivity contribution in [3.8, 4) is 0 Å². The number of hydrogen-bond acceptors (Lipinski definition) is 2. The molecule has 0 fully saturated rings. The summed E-state index contributed by atoms with van der Waals surface area (Å²) in [6, 6.07) is 0. The van der Waals surface area contributed by atoms with Crippen molar-refractivity contribution in [2.75, 3.05) is 58.3 Å². The first kappa shape index (κ1) is 25.3. The summed E-state index contributed by atoms with van der Waals surface area (Å²) in [5, 5.41) is 0. The van der Waals surface area contributed by atoms with E-state index in [1.807, 2.05) is 74.1 Å². The molecule has 0 aliphatic rings. The van der Waals surface area contributed by atoms with Crippen LogP contribution in [-0.4, -0.2) is 76.9 Å². The van der Waals surface area contributed by atoms with Crippen LogP contribution in [-0.2, 0) is 9.13 Å². The van der Waals surface area contributed by atoms with E-state index in [1.165, 1.54) is 0 Å². The van der Waals surface area contributed by atoms with E-state index < -0.39 is 14.9 Å². The maximum atomic E-state index is 14.3. The molecule has 0 atom stereocenters. The van der Waals surface area contributed by atoms with Crippen molar-refractivity contribution >= 4 is 14.9 Å². The van der Waals surface area contributed by atoms with Crippen LogP contribution in [0, 0.1) is 0 Å². The van der Waals surface area contributed by atoms with Crippen molar-refractivity contribution in [1.29, 1.82) is 0 Å². The fourth-order valence-electron chi connectivity index (χ4n) is 3.62. The molecule has 152 valence electrons. The normalized spacial score (nSPS) is 13.6. The van der Waals surface area contributed by atoms with E-state index in [1.54, 1.807) is 0 Å². The Labute approximate surface area is 156 Å². The first-order chi connectivity index (χ1) is 11.8. The maximum Gasteiger partial charge on any atom is 0.226 e. The molecule has 0 aliphatic carbocycles. The second-order valence-electron chi connectivity index (χ2n) is 6.03. The van der Waals surface area contributed by atoms with Crippen LogP contribution in [0.2, 0.25) is 0 Å². The number of hydrogen-bond donors (Lipinski definition) is 0. The fourth-order valence-corrected chi connectivity index (χ4v) is 12.7. The lowest BCUT2D eigenvalue weighted by Crippen LogP contribution is -2.38. The van der Waals surface area contributed by atoms with Gasteiger partial charge in [0.2, 0.25) is 14.9 Å². The highest BCUT2D eigenvalue weighted by molar-refractivity contribution is 7.76. The molecule has 0 amide bonds. The minimum Gasteiger partial charge on any atom is -0.288 e. The third-order valence-corrected chi connectivity index (χ3v) is 13.8. The second kappa shape index (κ2) is 11.9. The van der Waals surface area contributed by atoms with E-state index in [9.17, 15) is 9.13 Å². The first-order valence-electron chi connectivity index (χ1n) is 9.98. The smallest absolute Gasteiger partial charge is 0.226 e. The van der Waals surface area contributed by atoms with Crippen LogP contribution >= 0.6 is 14.9 Å².